The molecule has 1 heterocycles. The molecule has 0 saturated heterocycles. The Balaban J connectivity index is 1.82. The van der Waals surface area contributed by atoms with Gasteiger partial charge in [0.25, 0.3) is 5.91 Å². The Labute approximate surface area is 139 Å². The Morgan fingerprint density at radius 1 is 1.17 bits per heavy atom. The van der Waals surface area contributed by atoms with Crippen molar-refractivity contribution >= 4 is 22.8 Å². The fraction of sp³-hybridized carbons (Fsp3) is 0.158. The summed E-state index contributed by atoms with van der Waals surface area (Å²) in [7, 11) is 0. The Morgan fingerprint density at radius 3 is 2.62 bits per heavy atom. The van der Waals surface area contributed by atoms with Crippen molar-refractivity contribution in [2.24, 2.45) is 0 Å². The highest BCUT2D eigenvalue weighted by Crippen LogP contribution is 2.21. The number of nitrogens with one attached hydrogen (secondary N) is 2. The number of hydrogen-bond acceptors (Lipinski definition) is 2. The van der Waals surface area contributed by atoms with Crippen LogP contribution in [0.3, 0.4) is 0 Å². The largest absolute Gasteiger partial charge is 0.480 e. The number of carboxylic acids is 1. The highest BCUT2D eigenvalue weighted by atomic mass is 16.4. The van der Waals surface area contributed by atoms with Crippen LogP contribution in [0.2, 0.25) is 0 Å². The van der Waals surface area contributed by atoms with E-state index in [0.717, 1.165) is 22.0 Å². The van der Waals surface area contributed by atoms with Gasteiger partial charge < -0.3 is 15.4 Å². The lowest BCUT2D eigenvalue weighted by molar-refractivity contribution is -0.139. The first-order valence-electron chi connectivity index (χ1n) is 7.70. The average molecular weight is 322 g/mol. The average Bonchev–Trinajstić information content (AvgIpc) is 2.97. The van der Waals surface area contributed by atoms with Gasteiger partial charge in [0.05, 0.1) is 0 Å². The molecule has 24 heavy (non-hydrogen) atoms. The van der Waals surface area contributed by atoms with Gasteiger partial charge in [0.1, 0.15) is 6.04 Å². The van der Waals surface area contributed by atoms with Crippen molar-refractivity contribution < 1.29 is 14.7 Å². The van der Waals surface area contributed by atoms with Crippen molar-refractivity contribution in [2.45, 2.75) is 19.4 Å². The van der Waals surface area contributed by atoms with Crippen molar-refractivity contribution in [3.63, 3.8) is 0 Å². The lowest BCUT2D eigenvalue weighted by atomic mass is 10.0. The van der Waals surface area contributed by atoms with E-state index in [0.29, 0.717) is 5.56 Å². The predicted molar refractivity (Wildman–Crippen MR) is 92.1 cm³/mol. The van der Waals surface area contributed by atoms with Crippen LogP contribution in [0.5, 0.6) is 0 Å². The zero-order valence-electron chi connectivity index (χ0n) is 13.2. The summed E-state index contributed by atoms with van der Waals surface area (Å²) in [6.45, 7) is 1.99. The molecule has 0 spiro atoms. The molecule has 0 bridgehead atoms. The van der Waals surface area contributed by atoms with Gasteiger partial charge >= 0.3 is 5.97 Å². The molecule has 5 heteroatoms. The van der Waals surface area contributed by atoms with Crippen LogP contribution in [0.25, 0.3) is 10.9 Å². The number of benzene rings is 2. The second-order valence-corrected chi connectivity index (χ2v) is 5.80. The van der Waals surface area contributed by atoms with E-state index in [1.807, 2.05) is 25.1 Å². The molecule has 1 atom stereocenters. The van der Waals surface area contributed by atoms with Crippen molar-refractivity contribution in [3.8, 4) is 0 Å². The third-order valence-corrected chi connectivity index (χ3v) is 3.99. The van der Waals surface area contributed by atoms with E-state index in [-0.39, 0.29) is 12.3 Å². The van der Waals surface area contributed by atoms with Crippen LogP contribution in [0.15, 0.2) is 54.7 Å². The third kappa shape index (κ3) is 3.30. The molecule has 1 amide bonds. The summed E-state index contributed by atoms with van der Waals surface area (Å²) in [6, 6.07) is 13.6. The summed E-state index contributed by atoms with van der Waals surface area (Å²) in [5.74, 6) is -1.44. The molecule has 1 aromatic heterocycles. The zero-order valence-corrected chi connectivity index (χ0v) is 13.2. The summed E-state index contributed by atoms with van der Waals surface area (Å²) in [5, 5.41) is 13.0. The molecule has 5 nitrogen and oxygen atoms in total. The van der Waals surface area contributed by atoms with Gasteiger partial charge in [0.15, 0.2) is 0 Å². The topological polar surface area (TPSA) is 82.2 Å². The molecule has 2 aromatic carbocycles. The molecular weight excluding hydrogens is 304 g/mol. The van der Waals surface area contributed by atoms with Crippen molar-refractivity contribution in [2.75, 3.05) is 0 Å². The van der Waals surface area contributed by atoms with Crippen molar-refractivity contribution in [1.82, 2.24) is 10.3 Å². The Kier molecular flexibility index (Phi) is 4.33. The summed E-state index contributed by atoms with van der Waals surface area (Å²) in [6.07, 6.45) is 2.02. The molecule has 1 unspecified atom stereocenters. The molecule has 0 saturated carbocycles. The second-order valence-electron chi connectivity index (χ2n) is 5.80. The number of rotatable bonds is 5. The van der Waals surface area contributed by atoms with E-state index < -0.39 is 12.0 Å². The zero-order chi connectivity index (χ0) is 17.1. The van der Waals surface area contributed by atoms with E-state index in [1.165, 1.54) is 0 Å². The number of amides is 1. The minimum absolute atomic E-state index is 0.220. The van der Waals surface area contributed by atoms with E-state index in [1.54, 1.807) is 36.5 Å². The monoisotopic (exact) mass is 322 g/mol. The highest BCUT2D eigenvalue weighted by Gasteiger charge is 2.22. The fourth-order valence-electron chi connectivity index (χ4n) is 2.71. The number of fused-ring (bicyclic) bond motifs is 1. The maximum absolute atomic E-state index is 12.2. The minimum Gasteiger partial charge on any atom is -0.480 e. The first-order valence-corrected chi connectivity index (χ1v) is 7.70. The van der Waals surface area contributed by atoms with Crippen LogP contribution >= 0.6 is 0 Å². The number of H-pyrrole nitrogens is 1. The summed E-state index contributed by atoms with van der Waals surface area (Å²) in [5.41, 5.74) is 3.37. The SMILES string of the molecule is Cc1ccc2[nH]cc(CC(NC(=O)c3ccccc3)C(=O)O)c2c1. The third-order valence-electron chi connectivity index (χ3n) is 3.99. The van der Waals surface area contributed by atoms with Crippen molar-refractivity contribution in [1.29, 1.82) is 0 Å². The summed E-state index contributed by atoms with van der Waals surface area (Å²) >= 11 is 0. The molecule has 3 N–H and O–H groups in total. The van der Waals surface area contributed by atoms with E-state index in [2.05, 4.69) is 10.3 Å². The van der Waals surface area contributed by atoms with Crippen LogP contribution in [-0.2, 0) is 11.2 Å². The van der Waals surface area contributed by atoms with E-state index in [4.69, 9.17) is 0 Å². The molecule has 0 aliphatic rings. The van der Waals surface area contributed by atoms with Crippen molar-refractivity contribution in [3.05, 3.63) is 71.4 Å². The normalized spacial score (nSPS) is 12.0. The molecule has 0 fully saturated rings. The van der Waals surface area contributed by atoms with Gasteiger partial charge in [-0.1, -0.05) is 29.8 Å². The Morgan fingerprint density at radius 2 is 1.92 bits per heavy atom. The number of carbonyl (C=O) groups excluding carboxylic acids is 1. The first-order chi connectivity index (χ1) is 11.5. The van der Waals surface area contributed by atoms with Gasteiger partial charge in [-0.05, 0) is 36.8 Å². The van der Waals surface area contributed by atoms with Gasteiger partial charge in [-0.2, -0.15) is 0 Å². The second kappa shape index (κ2) is 6.58. The standard InChI is InChI=1S/C19H18N2O3/c1-12-7-8-16-15(9-12)14(11-20-16)10-17(19(23)24)21-18(22)13-5-3-2-4-6-13/h2-9,11,17,20H,10H2,1H3,(H,21,22)(H,23,24). The Bertz CT molecular complexity index is 884. The number of carboxylic acid groups (broad SMARTS) is 1. The molecule has 0 radical (unpaired) electrons. The minimum atomic E-state index is -1.05. The number of hydrogen-bond donors (Lipinski definition) is 3. The predicted octanol–water partition coefficient (Wildman–Crippen LogP) is 2.90. The van der Waals surface area contributed by atoms with Gasteiger partial charge in [0.2, 0.25) is 0 Å². The summed E-state index contributed by atoms with van der Waals surface area (Å²) in [4.78, 5) is 26.9. The smallest absolute Gasteiger partial charge is 0.326 e. The van der Waals surface area contributed by atoms with Gasteiger partial charge in [-0.25, -0.2) is 4.79 Å². The lowest BCUT2D eigenvalue weighted by Gasteiger charge is -2.14. The highest BCUT2D eigenvalue weighted by molar-refractivity contribution is 5.96. The molecule has 0 aliphatic heterocycles. The summed E-state index contributed by atoms with van der Waals surface area (Å²) < 4.78 is 0. The van der Waals surface area contributed by atoms with Crippen LogP contribution in [0, 0.1) is 6.92 Å². The molecule has 0 aliphatic carbocycles. The van der Waals surface area contributed by atoms with E-state index >= 15 is 0 Å². The number of aryl methyl sites for hydroxylation is 1. The Hall–Kier alpha value is -3.08. The quantitative estimate of drug-likeness (QED) is 0.675. The number of aromatic nitrogens is 1. The number of aromatic amines is 1. The first kappa shape index (κ1) is 15.8. The maximum atomic E-state index is 12.2. The van der Waals surface area contributed by atoms with Gasteiger partial charge in [-0.15, -0.1) is 0 Å². The lowest BCUT2D eigenvalue weighted by Crippen LogP contribution is -2.42. The number of aliphatic carboxylic acids is 1. The van der Waals surface area contributed by atoms with Gasteiger partial charge in [0, 0.05) is 29.1 Å². The van der Waals surface area contributed by atoms with Crippen LogP contribution in [0.4, 0.5) is 0 Å². The van der Waals surface area contributed by atoms with Crippen LogP contribution < -0.4 is 5.32 Å². The van der Waals surface area contributed by atoms with Gasteiger partial charge in [-0.3, -0.25) is 4.79 Å². The molecular formula is C19H18N2O3. The fourth-order valence-corrected chi connectivity index (χ4v) is 2.71. The molecule has 3 rings (SSSR count). The van der Waals surface area contributed by atoms with Crippen LogP contribution in [0.1, 0.15) is 21.5 Å². The molecule has 122 valence electrons. The molecule has 3 aromatic rings. The van der Waals surface area contributed by atoms with E-state index in [9.17, 15) is 14.7 Å². The maximum Gasteiger partial charge on any atom is 0.326 e. The number of carbonyl (C=O) groups is 2. The van der Waals surface area contributed by atoms with Crippen LogP contribution in [-0.4, -0.2) is 28.0 Å².